The summed E-state index contributed by atoms with van der Waals surface area (Å²) in [4.78, 5) is 7.97. The summed E-state index contributed by atoms with van der Waals surface area (Å²) in [6.07, 6.45) is 2.81. The number of likely N-dealkylation sites (tertiary alicyclic amines) is 1. The van der Waals surface area contributed by atoms with Crippen LogP contribution in [0.3, 0.4) is 0 Å². The van der Waals surface area contributed by atoms with Crippen molar-refractivity contribution >= 4 is 0 Å². The number of piperidine rings is 1. The molecule has 112 valence electrons. The summed E-state index contributed by atoms with van der Waals surface area (Å²) in [6, 6.07) is 1.46. The molecule has 2 atom stereocenters. The van der Waals surface area contributed by atoms with Crippen LogP contribution in [0.4, 0.5) is 0 Å². The summed E-state index contributed by atoms with van der Waals surface area (Å²) in [5.74, 6) is 0.931. The van der Waals surface area contributed by atoms with Crippen LogP contribution in [0.15, 0.2) is 0 Å². The minimum atomic E-state index is 0.730. The largest absolute Gasteiger partial charge is 0.304 e. The molecule has 0 amide bonds. The van der Waals surface area contributed by atoms with Crippen molar-refractivity contribution in [3.63, 3.8) is 0 Å². The molecule has 0 bridgehead atoms. The van der Waals surface area contributed by atoms with Crippen LogP contribution in [-0.2, 0) is 0 Å². The molecule has 0 aliphatic carbocycles. The first-order valence-electron chi connectivity index (χ1n) is 8.34. The van der Waals surface area contributed by atoms with Crippen LogP contribution < -0.4 is 0 Å². The molecule has 3 heteroatoms. The van der Waals surface area contributed by atoms with E-state index in [0.29, 0.717) is 0 Å². The van der Waals surface area contributed by atoms with Crippen molar-refractivity contribution in [2.75, 3.05) is 45.8 Å². The molecule has 3 nitrogen and oxygen atoms in total. The highest BCUT2D eigenvalue weighted by molar-refractivity contribution is 4.86. The van der Waals surface area contributed by atoms with E-state index in [1.165, 1.54) is 58.7 Å². The number of rotatable bonds is 4. The number of nitrogens with zero attached hydrogens (tertiary/aromatic N) is 3. The zero-order chi connectivity index (χ0) is 13.8. The van der Waals surface area contributed by atoms with E-state index in [0.717, 1.165) is 18.0 Å². The van der Waals surface area contributed by atoms with E-state index < -0.39 is 0 Å². The van der Waals surface area contributed by atoms with Crippen molar-refractivity contribution in [1.29, 1.82) is 0 Å². The predicted molar refractivity (Wildman–Crippen MR) is 82.6 cm³/mol. The van der Waals surface area contributed by atoms with Gasteiger partial charge in [-0.15, -0.1) is 0 Å². The van der Waals surface area contributed by atoms with Gasteiger partial charge in [-0.1, -0.05) is 13.8 Å². The molecule has 0 aromatic heterocycles. The fourth-order valence-corrected chi connectivity index (χ4v) is 3.87. The van der Waals surface area contributed by atoms with Gasteiger partial charge in [-0.3, -0.25) is 4.90 Å². The van der Waals surface area contributed by atoms with E-state index >= 15 is 0 Å². The average molecular weight is 267 g/mol. The Labute approximate surface area is 119 Å². The van der Waals surface area contributed by atoms with Crippen LogP contribution in [0, 0.1) is 5.92 Å². The van der Waals surface area contributed by atoms with E-state index in [-0.39, 0.29) is 0 Å². The molecule has 2 aliphatic heterocycles. The van der Waals surface area contributed by atoms with Crippen LogP contribution in [0.2, 0.25) is 0 Å². The summed E-state index contributed by atoms with van der Waals surface area (Å²) in [6.45, 7) is 18.3. The van der Waals surface area contributed by atoms with Gasteiger partial charge in [0.25, 0.3) is 0 Å². The second-order valence-electron chi connectivity index (χ2n) is 6.62. The van der Waals surface area contributed by atoms with E-state index in [9.17, 15) is 0 Å². The highest BCUT2D eigenvalue weighted by atomic mass is 15.3. The minimum absolute atomic E-state index is 0.730. The maximum atomic E-state index is 2.78. The van der Waals surface area contributed by atoms with Crippen molar-refractivity contribution in [3.05, 3.63) is 0 Å². The first-order valence-corrected chi connectivity index (χ1v) is 8.34. The lowest BCUT2D eigenvalue weighted by Gasteiger charge is -2.46. The Morgan fingerprint density at radius 1 is 0.842 bits per heavy atom. The third-order valence-corrected chi connectivity index (χ3v) is 5.25. The van der Waals surface area contributed by atoms with Gasteiger partial charge >= 0.3 is 0 Å². The molecule has 0 unspecified atom stereocenters. The average Bonchev–Trinajstić information content (AvgIpc) is 2.43. The Balaban J connectivity index is 1.82. The number of hydrogen-bond acceptors (Lipinski definition) is 3. The lowest BCUT2D eigenvalue weighted by atomic mass is 9.94. The standard InChI is InChI=1S/C16H33N3/c1-5-17-9-7-16(8-10-17)13-19-14(3)11-18(6-2)12-15(19)4/h14-16H,5-13H2,1-4H3/t14-,15-/m0/s1. The fourth-order valence-electron chi connectivity index (χ4n) is 3.87. The maximum Gasteiger partial charge on any atom is 0.0198 e. The van der Waals surface area contributed by atoms with Gasteiger partial charge in [0, 0.05) is 31.7 Å². The molecule has 2 aliphatic rings. The Bertz CT molecular complexity index is 249. The van der Waals surface area contributed by atoms with E-state index in [4.69, 9.17) is 0 Å². The van der Waals surface area contributed by atoms with Gasteiger partial charge < -0.3 is 9.80 Å². The summed E-state index contributed by atoms with van der Waals surface area (Å²) in [5, 5.41) is 0. The van der Waals surface area contributed by atoms with E-state index in [1.807, 2.05) is 0 Å². The first-order chi connectivity index (χ1) is 9.13. The molecule has 19 heavy (non-hydrogen) atoms. The number of hydrogen-bond donors (Lipinski definition) is 0. The van der Waals surface area contributed by atoms with Gasteiger partial charge in [-0.25, -0.2) is 0 Å². The van der Waals surface area contributed by atoms with Gasteiger partial charge in [0.05, 0.1) is 0 Å². The van der Waals surface area contributed by atoms with Gasteiger partial charge in [0.15, 0.2) is 0 Å². The molecule has 2 saturated heterocycles. The quantitative estimate of drug-likeness (QED) is 0.772. The lowest BCUT2D eigenvalue weighted by Crippen LogP contribution is -2.57. The predicted octanol–water partition coefficient (Wildman–Crippen LogP) is 2.13. The van der Waals surface area contributed by atoms with E-state index in [2.05, 4.69) is 42.4 Å². The van der Waals surface area contributed by atoms with Crippen molar-refractivity contribution < 1.29 is 0 Å². The van der Waals surface area contributed by atoms with Crippen LogP contribution in [0.1, 0.15) is 40.5 Å². The first kappa shape index (κ1) is 15.3. The van der Waals surface area contributed by atoms with Crippen molar-refractivity contribution in [1.82, 2.24) is 14.7 Å². The summed E-state index contributed by atoms with van der Waals surface area (Å²) in [7, 11) is 0. The fraction of sp³-hybridized carbons (Fsp3) is 1.00. The molecule has 2 heterocycles. The molecule has 0 aromatic rings. The zero-order valence-corrected chi connectivity index (χ0v) is 13.4. The molecule has 2 fully saturated rings. The molecule has 2 rings (SSSR count). The number of likely N-dealkylation sites (N-methyl/N-ethyl adjacent to an activating group) is 1. The molecular weight excluding hydrogens is 234 g/mol. The SMILES string of the molecule is CCN1CCC(CN2[C@@H](C)CN(CC)C[C@@H]2C)CC1. The second kappa shape index (κ2) is 7.05. The molecule has 0 saturated carbocycles. The Morgan fingerprint density at radius 2 is 1.37 bits per heavy atom. The van der Waals surface area contributed by atoms with E-state index in [1.54, 1.807) is 0 Å². The normalized spacial score (nSPS) is 32.8. The molecule has 0 N–H and O–H groups in total. The van der Waals surface area contributed by atoms with Gasteiger partial charge in [0.1, 0.15) is 0 Å². The van der Waals surface area contributed by atoms with Gasteiger partial charge in [-0.05, 0) is 58.8 Å². The van der Waals surface area contributed by atoms with Gasteiger partial charge in [0.2, 0.25) is 0 Å². The van der Waals surface area contributed by atoms with Crippen molar-refractivity contribution in [2.45, 2.75) is 52.6 Å². The highest BCUT2D eigenvalue weighted by Gasteiger charge is 2.31. The zero-order valence-electron chi connectivity index (χ0n) is 13.4. The lowest BCUT2D eigenvalue weighted by molar-refractivity contribution is 0.0208. The molecule has 0 aromatic carbocycles. The third kappa shape index (κ3) is 3.93. The Morgan fingerprint density at radius 3 is 1.84 bits per heavy atom. The third-order valence-electron chi connectivity index (χ3n) is 5.25. The smallest absolute Gasteiger partial charge is 0.0198 e. The summed E-state index contributed by atoms with van der Waals surface area (Å²) in [5.41, 5.74) is 0. The van der Waals surface area contributed by atoms with Crippen molar-refractivity contribution in [3.8, 4) is 0 Å². The maximum absolute atomic E-state index is 2.78. The second-order valence-corrected chi connectivity index (χ2v) is 6.62. The highest BCUT2D eigenvalue weighted by Crippen LogP contribution is 2.23. The number of piperazine rings is 1. The van der Waals surface area contributed by atoms with Crippen LogP contribution in [-0.4, -0.2) is 72.6 Å². The molecule has 0 spiro atoms. The summed E-state index contributed by atoms with van der Waals surface area (Å²) >= 11 is 0. The van der Waals surface area contributed by atoms with Crippen LogP contribution in [0.25, 0.3) is 0 Å². The Hall–Kier alpha value is -0.120. The molecular formula is C16H33N3. The van der Waals surface area contributed by atoms with Crippen molar-refractivity contribution in [2.24, 2.45) is 5.92 Å². The van der Waals surface area contributed by atoms with Gasteiger partial charge in [-0.2, -0.15) is 0 Å². The monoisotopic (exact) mass is 267 g/mol. The minimum Gasteiger partial charge on any atom is -0.304 e. The van der Waals surface area contributed by atoms with Crippen LogP contribution in [0.5, 0.6) is 0 Å². The van der Waals surface area contributed by atoms with Crippen LogP contribution >= 0.6 is 0 Å². The summed E-state index contributed by atoms with van der Waals surface area (Å²) < 4.78 is 0. The molecule has 0 radical (unpaired) electrons. The topological polar surface area (TPSA) is 9.72 Å². The Kier molecular flexibility index (Phi) is 5.67.